The minimum Gasteiger partial charge on any atom is -0.507 e. The standard InChI is InChI=1S/C20H18ClNO6/c1-26-13-8-11(9-14(27-2)19(13)28-3)16-15(18(24)20(25)22-16)17(23)10-4-6-12(21)7-5-10/h4-9,16,23H,1-3H3,(H,22,25). The number of Topliss-reactive ketones (excluding diaryl/α,β-unsaturated/α-hetero) is 1. The van der Waals surface area contributed by atoms with Crippen LogP contribution in [0.2, 0.25) is 5.02 Å². The lowest BCUT2D eigenvalue weighted by molar-refractivity contribution is -0.133. The summed E-state index contributed by atoms with van der Waals surface area (Å²) < 4.78 is 16.0. The number of carbonyl (C=O) groups is 2. The van der Waals surface area contributed by atoms with E-state index in [1.54, 1.807) is 36.4 Å². The van der Waals surface area contributed by atoms with Crippen LogP contribution in [0.5, 0.6) is 17.2 Å². The van der Waals surface area contributed by atoms with Crippen molar-refractivity contribution in [2.45, 2.75) is 6.04 Å². The summed E-state index contributed by atoms with van der Waals surface area (Å²) in [5, 5.41) is 13.8. The highest BCUT2D eigenvalue weighted by Crippen LogP contribution is 2.42. The summed E-state index contributed by atoms with van der Waals surface area (Å²) in [5.41, 5.74) is 0.785. The second kappa shape index (κ2) is 7.82. The molecule has 1 aliphatic rings. The molecule has 0 bridgehead atoms. The zero-order valence-corrected chi connectivity index (χ0v) is 16.2. The Hall–Kier alpha value is -3.19. The summed E-state index contributed by atoms with van der Waals surface area (Å²) >= 11 is 5.88. The van der Waals surface area contributed by atoms with Crippen molar-refractivity contribution in [2.24, 2.45) is 0 Å². The van der Waals surface area contributed by atoms with E-state index < -0.39 is 17.7 Å². The monoisotopic (exact) mass is 403 g/mol. The molecule has 1 unspecified atom stereocenters. The van der Waals surface area contributed by atoms with E-state index in [1.165, 1.54) is 21.3 Å². The van der Waals surface area contributed by atoms with Gasteiger partial charge in [0, 0.05) is 10.6 Å². The first-order valence-corrected chi connectivity index (χ1v) is 8.63. The molecule has 7 nitrogen and oxygen atoms in total. The number of benzene rings is 2. The first-order chi connectivity index (χ1) is 13.4. The molecule has 0 radical (unpaired) electrons. The molecule has 2 aromatic rings. The molecule has 2 aromatic carbocycles. The predicted octanol–water partition coefficient (Wildman–Crippen LogP) is 3.08. The first-order valence-electron chi connectivity index (χ1n) is 8.25. The molecular formula is C20H18ClNO6. The predicted molar refractivity (Wildman–Crippen MR) is 103 cm³/mol. The first kappa shape index (κ1) is 19.6. The van der Waals surface area contributed by atoms with Crippen LogP contribution < -0.4 is 19.5 Å². The second-order valence-corrected chi connectivity index (χ2v) is 6.40. The largest absolute Gasteiger partial charge is 0.507 e. The van der Waals surface area contributed by atoms with Crippen LogP contribution in [-0.2, 0) is 9.59 Å². The molecule has 1 saturated heterocycles. The lowest BCUT2D eigenvalue weighted by atomic mass is 9.95. The van der Waals surface area contributed by atoms with Crippen molar-refractivity contribution in [3.8, 4) is 17.2 Å². The number of ether oxygens (including phenoxy) is 3. The zero-order chi connectivity index (χ0) is 20.4. The minimum absolute atomic E-state index is 0.0680. The Morgan fingerprint density at radius 1 is 1.00 bits per heavy atom. The molecule has 1 amide bonds. The molecule has 28 heavy (non-hydrogen) atoms. The molecule has 1 aliphatic heterocycles. The van der Waals surface area contributed by atoms with Crippen molar-refractivity contribution in [2.75, 3.05) is 21.3 Å². The molecule has 1 fully saturated rings. The van der Waals surface area contributed by atoms with Crippen LogP contribution in [0.1, 0.15) is 17.2 Å². The van der Waals surface area contributed by atoms with E-state index in [-0.39, 0.29) is 11.3 Å². The average Bonchev–Trinajstić information content (AvgIpc) is 3.01. The Morgan fingerprint density at radius 3 is 2.07 bits per heavy atom. The van der Waals surface area contributed by atoms with E-state index in [4.69, 9.17) is 25.8 Å². The number of nitrogens with one attached hydrogen (secondary N) is 1. The molecule has 146 valence electrons. The van der Waals surface area contributed by atoms with Gasteiger partial charge in [0.05, 0.1) is 32.9 Å². The molecule has 8 heteroatoms. The van der Waals surface area contributed by atoms with Crippen molar-refractivity contribution in [1.82, 2.24) is 5.32 Å². The average molecular weight is 404 g/mol. The molecule has 0 spiro atoms. The van der Waals surface area contributed by atoms with Gasteiger partial charge in [0.2, 0.25) is 5.75 Å². The van der Waals surface area contributed by atoms with E-state index in [0.29, 0.717) is 33.4 Å². The van der Waals surface area contributed by atoms with Crippen LogP contribution in [0.4, 0.5) is 0 Å². The number of methoxy groups -OCH3 is 3. The van der Waals surface area contributed by atoms with Crippen molar-refractivity contribution in [3.63, 3.8) is 0 Å². The number of aliphatic hydroxyl groups is 1. The van der Waals surface area contributed by atoms with Crippen molar-refractivity contribution in [1.29, 1.82) is 0 Å². The van der Waals surface area contributed by atoms with E-state index in [2.05, 4.69) is 5.32 Å². The van der Waals surface area contributed by atoms with Gasteiger partial charge in [0.25, 0.3) is 11.7 Å². The summed E-state index contributed by atoms with van der Waals surface area (Å²) in [7, 11) is 4.39. The lowest BCUT2D eigenvalue weighted by Crippen LogP contribution is -2.21. The molecule has 0 aliphatic carbocycles. The van der Waals surface area contributed by atoms with Gasteiger partial charge >= 0.3 is 0 Å². The van der Waals surface area contributed by atoms with Crippen LogP contribution in [0.3, 0.4) is 0 Å². The van der Waals surface area contributed by atoms with E-state index in [0.717, 1.165) is 0 Å². The third-order valence-electron chi connectivity index (χ3n) is 4.41. The topological polar surface area (TPSA) is 94.1 Å². The van der Waals surface area contributed by atoms with Gasteiger partial charge in [-0.25, -0.2) is 0 Å². The summed E-state index contributed by atoms with van der Waals surface area (Å²) in [6.07, 6.45) is 0. The normalized spacial score (nSPS) is 17.9. The second-order valence-electron chi connectivity index (χ2n) is 5.96. The number of halogens is 1. The van der Waals surface area contributed by atoms with E-state index in [1.807, 2.05) is 0 Å². The minimum atomic E-state index is -0.885. The molecule has 0 saturated carbocycles. The number of rotatable bonds is 5. The summed E-state index contributed by atoms with van der Waals surface area (Å²) in [5.74, 6) is -0.845. The summed E-state index contributed by atoms with van der Waals surface area (Å²) in [4.78, 5) is 24.5. The number of aliphatic hydroxyl groups excluding tert-OH is 1. The van der Waals surface area contributed by atoms with Crippen LogP contribution in [0.25, 0.3) is 5.76 Å². The molecule has 0 aromatic heterocycles. The Bertz CT molecular complexity index is 942. The van der Waals surface area contributed by atoms with Crippen LogP contribution >= 0.6 is 11.6 Å². The van der Waals surface area contributed by atoms with Gasteiger partial charge in [-0.3, -0.25) is 9.59 Å². The van der Waals surface area contributed by atoms with Gasteiger partial charge in [-0.15, -0.1) is 0 Å². The number of hydrogen-bond acceptors (Lipinski definition) is 6. The fourth-order valence-electron chi connectivity index (χ4n) is 3.05. The maximum atomic E-state index is 12.5. The van der Waals surface area contributed by atoms with Crippen molar-refractivity contribution >= 4 is 29.1 Å². The zero-order valence-electron chi connectivity index (χ0n) is 15.4. The Morgan fingerprint density at radius 2 is 1.57 bits per heavy atom. The summed E-state index contributed by atoms with van der Waals surface area (Å²) in [6, 6.07) is 8.62. The van der Waals surface area contributed by atoms with Crippen molar-refractivity contribution < 1.29 is 28.9 Å². The van der Waals surface area contributed by atoms with E-state index >= 15 is 0 Å². The van der Waals surface area contributed by atoms with Crippen LogP contribution in [-0.4, -0.2) is 38.1 Å². The van der Waals surface area contributed by atoms with Crippen molar-refractivity contribution in [3.05, 3.63) is 58.1 Å². The third-order valence-corrected chi connectivity index (χ3v) is 4.66. The quantitative estimate of drug-likeness (QED) is 0.452. The van der Waals surface area contributed by atoms with Crippen LogP contribution in [0.15, 0.2) is 42.0 Å². The molecule has 2 N–H and O–H groups in total. The third kappa shape index (κ3) is 3.36. The van der Waals surface area contributed by atoms with Gasteiger partial charge < -0.3 is 24.6 Å². The maximum absolute atomic E-state index is 12.5. The Labute approximate surface area is 166 Å². The number of hydrogen-bond donors (Lipinski definition) is 2. The van der Waals surface area contributed by atoms with Gasteiger partial charge in [-0.1, -0.05) is 11.6 Å². The fourth-order valence-corrected chi connectivity index (χ4v) is 3.17. The Kier molecular flexibility index (Phi) is 5.46. The smallest absolute Gasteiger partial charge is 0.293 e. The maximum Gasteiger partial charge on any atom is 0.293 e. The SMILES string of the molecule is COc1cc(C2NC(=O)C(=O)C2=C(O)c2ccc(Cl)cc2)cc(OC)c1OC. The molecule has 3 rings (SSSR count). The Balaban J connectivity index is 2.17. The lowest BCUT2D eigenvalue weighted by Gasteiger charge is -2.18. The molecule has 1 atom stereocenters. The molecule has 1 heterocycles. The highest BCUT2D eigenvalue weighted by Gasteiger charge is 2.40. The van der Waals surface area contributed by atoms with Gasteiger partial charge in [0.15, 0.2) is 11.5 Å². The van der Waals surface area contributed by atoms with Gasteiger partial charge in [-0.05, 0) is 42.0 Å². The number of amides is 1. The van der Waals surface area contributed by atoms with Gasteiger partial charge in [-0.2, -0.15) is 0 Å². The number of carbonyl (C=O) groups excluding carboxylic acids is 2. The van der Waals surface area contributed by atoms with E-state index in [9.17, 15) is 14.7 Å². The highest BCUT2D eigenvalue weighted by atomic mass is 35.5. The number of ketones is 1. The highest BCUT2D eigenvalue weighted by molar-refractivity contribution is 6.46. The van der Waals surface area contributed by atoms with Gasteiger partial charge in [0.1, 0.15) is 5.76 Å². The molecular weight excluding hydrogens is 386 g/mol. The van der Waals surface area contributed by atoms with Crippen LogP contribution in [0, 0.1) is 0 Å². The summed E-state index contributed by atoms with van der Waals surface area (Å²) in [6.45, 7) is 0. The fraction of sp³-hybridized carbons (Fsp3) is 0.200.